The number of methoxy groups -OCH3 is 1. The minimum Gasteiger partial charge on any atom is -0.496 e. The van der Waals surface area contributed by atoms with Crippen molar-refractivity contribution in [2.24, 2.45) is 5.92 Å². The predicted molar refractivity (Wildman–Crippen MR) is 97.6 cm³/mol. The Hall–Kier alpha value is -2.40. The highest BCUT2D eigenvalue weighted by atomic mass is 16.5. The molecule has 1 aromatic heterocycles. The van der Waals surface area contributed by atoms with Crippen LogP contribution in [0.3, 0.4) is 0 Å². The topological polar surface area (TPSA) is 45.7 Å². The van der Waals surface area contributed by atoms with E-state index in [1.54, 1.807) is 13.3 Å². The zero-order valence-electron chi connectivity index (χ0n) is 14.9. The van der Waals surface area contributed by atoms with Gasteiger partial charge in [-0.2, -0.15) is 0 Å². The molecule has 1 amide bonds. The van der Waals surface area contributed by atoms with Gasteiger partial charge in [-0.15, -0.1) is 0 Å². The van der Waals surface area contributed by atoms with E-state index >= 15 is 0 Å². The largest absolute Gasteiger partial charge is 0.496 e. The number of hydrogen-bond donors (Lipinski definition) is 0. The number of para-hydroxylation sites is 1. The molecule has 1 aliphatic rings. The fourth-order valence-corrected chi connectivity index (χ4v) is 3.47. The van der Waals surface area contributed by atoms with Crippen molar-refractivity contribution in [1.82, 2.24) is 14.8 Å². The maximum atomic E-state index is 12.8. The molecule has 1 saturated heterocycles. The number of carbonyl (C=O) groups excluding carboxylic acids is 1. The lowest BCUT2D eigenvalue weighted by Crippen LogP contribution is -2.31. The zero-order valence-corrected chi connectivity index (χ0v) is 14.9. The Bertz CT molecular complexity index is 705. The molecule has 0 spiro atoms. The van der Waals surface area contributed by atoms with Crippen LogP contribution in [0.1, 0.15) is 22.3 Å². The van der Waals surface area contributed by atoms with Crippen molar-refractivity contribution in [3.05, 3.63) is 59.9 Å². The summed E-state index contributed by atoms with van der Waals surface area (Å²) < 4.78 is 5.32. The van der Waals surface area contributed by atoms with Gasteiger partial charge in [0.15, 0.2) is 0 Å². The number of ether oxygens (including phenoxy) is 1. The number of nitrogens with zero attached hydrogens (tertiary/aromatic N) is 3. The van der Waals surface area contributed by atoms with Gasteiger partial charge in [0.05, 0.1) is 12.7 Å². The molecule has 1 aliphatic heterocycles. The lowest BCUT2D eigenvalue weighted by molar-refractivity contribution is 0.0781. The molecule has 1 fully saturated rings. The van der Waals surface area contributed by atoms with Crippen LogP contribution in [0.2, 0.25) is 0 Å². The SMILES string of the molecule is COc1ccccc1C(=O)N1CC[C@@H](CN(C)Cc2cccnc2)C1. The molecule has 0 unspecified atom stereocenters. The first-order valence-electron chi connectivity index (χ1n) is 8.67. The number of rotatable bonds is 6. The quantitative estimate of drug-likeness (QED) is 0.812. The van der Waals surface area contributed by atoms with E-state index in [0.29, 0.717) is 17.2 Å². The van der Waals surface area contributed by atoms with Crippen molar-refractivity contribution in [3.8, 4) is 5.75 Å². The van der Waals surface area contributed by atoms with Crippen LogP contribution < -0.4 is 4.74 Å². The van der Waals surface area contributed by atoms with Crippen LogP contribution in [0, 0.1) is 5.92 Å². The van der Waals surface area contributed by atoms with E-state index in [0.717, 1.165) is 32.6 Å². The number of hydrogen-bond acceptors (Lipinski definition) is 4. The van der Waals surface area contributed by atoms with Crippen molar-refractivity contribution in [2.45, 2.75) is 13.0 Å². The molecule has 3 rings (SSSR count). The Morgan fingerprint density at radius 3 is 2.92 bits per heavy atom. The molecule has 1 aromatic carbocycles. The van der Waals surface area contributed by atoms with E-state index in [1.807, 2.05) is 41.4 Å². The Morgan fingerprint density at radius 1 is 1.32 bits per heavy atom. The molecule has 0 bridgehead atoms. The number of amides is 1. The molecule has 0 aliphatic carbocycles. The molecular formula is C20H25N3O2. The Labute approximate surface area is 149 Å². The van der Waals surface area contributed by atoms with E-state index in [9.17, 15) is 4.79 Å². The smallest absolute Gasteiger partial charge is 0.257 e. The highest BCUT2D eigenvalue weighted by Gasteiger charge is 2.28. The number of benzene rings is 1. The maximum Gasteiger partial charge on any atom is 0.257 e. The summed E-state index contributed by atoms with van der Waals surface area (Å²) in [5, 5.41) is 0. The second-order valence-corrected chi connectivity index (χ2v) is 6.66. The molecule has 0 radical (unpaired) electrons. The number of pyridine rings is 1. The molecule has 132 valence electrons. The van der Waals surface area contributed by atoms with Crippen LogP contribution >= 0.6 is 0 Å². The van der Waals surface area contributed by atoms with Crippen LogP contribution in [0.4, 0.5) is 0 Å². The van der Waals surface area contributed by atoms with Crippen LogP contribution in [0.15, 0.2) is 48.8 Å². The summed E-state index contributed by atoms with van der Waals surface area (Å²) in [5.41, 5.74) is 1.86. The number of likely N-dealkylation sites (tertiary alicyclic amines) is 1. The second-order valence-electron chi connectivity index (χ2n) is 6.66. The van der Waals surface area contributed by atoms with Crippen molar-refractivity contribution in [2.75, 3.05) is 33.8 Å². The summed E-state index contributed by atoms with van der Waals surface area (Å²) in [4.78, 5) is 21.2. The summed E-state index contributed by atoms with van der Waals surface area (Å²) in [5.74, 6) is 1.21. The van der Waals surface area contributed by atoms with Crippen molar-refractivity contribution < 1.29 is 9.53 Å². The molecule has 0 saturated carbocycles. The van der Waals surface area contributed by atoms with Crippen LogP contribution in [0.5, 0.6) is 5.75 Å². The molecule has 5 nitrogen and oxygen atoms in total. The first-order valence-corrected chi connectivity index (χ1v) is 8.67. The third kappa shape index (κ3) is 4.37. The molecule has 5 heteroatoms. The fraction of sp³-hybridized carbons (Fsp3) is 0.400. The Balaban J connectivity index is 1.55. The summed E-state index contributed by atoms with van der Waals surface area (Å²) in [7, 11) is 3.73. The molecule has 2 aromatic rings. The third-order valence-corrected chi connectivity index (χ3v) is 4.66. The number of carbonyl (C=O) groups is 1. The highest BCUT2D eigenvalue weighted by molar-refractivity contribution is 5.97. The van der Waals surface area contributed by atoms with Gasteiger partial charge in [0.25, 0.3) is 5.91 Å². The van der Waals surface area contributed by atoms with Gasteiger partial charge in [0, 0.05) is 38.6 Å². The van der Waals surface area contributed by atoms with Gasteiger partial charge in [0.1, 0.15) is 5.75 Å². The summed E-state index contributed by atoms with van der Waals surface area (Å²) in [6.07, 6.45) is 4.74. The van der Waals surface area contributed by atoms with Crippen molar-refractivity contribution in [1.29, 1.82) is 0 Å². The third-order valence-electron chi connectivity index (χ3n) is 4.66. The van der Waals surface area contributed by atoms with E-state index in [4.69, 9.17) is 4.74 Å². The predicted octanol–water partition coefficient (Wildman–Crippen LogP) is 2.68. The average Bonchev–Trinajstić information content (AvgIpc) is 3.10. The van der Waals surface area contributed by atoms with Gasteiger partial charge in [-0.3, -0.25) is 9.78 Å². The summed E-state index contributed by atoms with van der Waals surface area (Å²) >= 11 is 0. The van der Waals surface area contributed by atoms with Gasteiger partial charge in [0.2, 0.25) is 0 Å². The first kappa shape index (κ1) is 17.4. The van der Waals surface area contributed by atoms with Gasteiger partial charge in [-0.05, 0) is 43.1 Å². The standard InChI is InChI=1S/C20H25N3O2/c1-22(13-16-6-5-10-21-12-16)14-17-9-11-23(15-17)20(24)18-7-3-4-8-19(18)25-2/h3-8,10,12,17H,9,11,13-15H2,1-2H3/t17-/m0/s1. The fourth-order valence-electron chi connectivity index (χ4n) is 3.47. The monoisotopic (exact) mass is 339 g/mol. The van der Waals surface area contributed by atoms with E-state index in [1.165, 1.54) is 5.56 Å². The van der Waals surface area contributed by atoms with E-state index in [2.05, 4.69) is 23.0 Å². The lowest BCUT2D eigenvalue weighted by atomic mass is 10.1. The van der Waals surface area contributed by atoms with Crippen molar-refractivity contribution in [3.63, 3.8) is 0 Å². The maximum absolute atomic E-state index is 12.8. The first-order chi connectivity index (χ1) is 12.2. The normalized spacial score (nSPS) is 17.1. The molecule has 25 heavy (non-hydrogen) atoms. The van der Waals surface area contributed by atoms with Crippen LogP contribution in [-0.2, 0) is 6.54 Å². The van der Waals surface area contributed by atoms with Crippen LogP contribution in [0.25, 0.3) is 0 Å². The zero-order chi connectivity index (χ0) is 17.6. The van der Waals surface area contributed by atoms with Gasteiger partial charge in [-0.25, -0.2) is 0 Å². The highest BCUT2D eigenvalue weighted by Crippen LogP contribution is 2.24. The van der Waals surface area contributed by atoms with E-state index in [-0.39, 0.29) is 5.91 Å². The van der Waals surface area contributed by atoms with Gasteiger partial charge in [-0.1, -0.05) is 18.2 Å². The summed E-state index contributed by atoms with van der Waals surface area (Å²) in [6.45, 7) is 3.46. The van der Waals surface area contributed by atoms with Gasteiger partial charge >= 0.3 is 0 Å². The van der Waals surface area contributed by atoms with Crippen LogP contribution in [-0.4, -0.2) is 54.5 Å². The summed E-state index contributed by atoms with van der Waals surface area (Å²) in [6, 6.07) is 11.5. The minimum absolute atomic E-state index is 0.0647. The minimum atomic E-state index is 0.0647. The number of aromatic nitrogens is 1. The Morgan fingerprint density at radius 2 is 2.16 bits per heavy atom. The average molecular weight is 339 g/mol. The molecule has 1 atom stereocenters. The van der Waals surface area contributed by atoms with E-state index < -0.39 is 0 Å². The Kier molecular flexibility index (Phi) is 5.66. The molecule has 0 N–H and O–H groups in total. The lowest BCUT2D eigenvalue weighted by Gasteiger charge is -2.22. The second kappa shape index (κ2) is 8.12. The molecule has 2 heterocycles. The van der Waals surface area contributed by atoms with Gasteiger partial charge < -0.3 is 14.5 Å². The molecular weight excluding hydrogens is 314 g/mol. The van der Waals surface area contributed by atoms with Crippen molar-refractivity contribution >= 4 is 5.91 Å².